The summed E-state index contributed by atoms with van der Waals surface area (Å²) in [7, 11) is 1.57. The largest absolute Gasteiger partial charge is 0.482 e. The third-order valence-corrected chi connectivity index (χ3v) is 6.32. The van der Waals surface area contributed by atoms with Crippen LogP contribution in [0.25, 0.3) is 0 Å². The van der Waals surface area contributed by atoms with Crippen molar-refractivity contribution in [3.8, 4) is 5.75 Å². The summed E-state index contributed by atoms with van der Waals surface area (Å²) in [5.74, 6) is -0.808. The molecule has 0 saturated heterocycles. The second-order valence-electron chi connectivity index (χ2n) is 6.16. The van der Waals surface area contributed by atoms with E-state index in [1.165, 1.54) is 23.0 Å². The van der Waals surface area contributed by atoms with Crippen molar-refractivity contribution in [2.24, 2.45) is 7.05 Å². The number of hydrogen-bond donors (Lipinski definition) is 1. The second-order valence-corrected chi connectivity index (χ2v) is 8.05. The van der Waals surface area contributed by atoms with E-state index in [9.17, 15) is 9.59 Å². The highest BCUT2D eigenvalue weighted by molar-refractivity contribution is 6.55. The maximum atomic E-state index is 12.6. The van der Waals surface area contributed by atoms with Crippen molar-refractivity contribution in [1.82, 2.24) is 9.78 Å². The minimum Gasteiger partial charge on any atom is -0.482 e. The van der Waals surface area contributed by atoms with Gasteiger partial charge >= 0.3 is 5.97 Å². The van der Waals surface area contributed by atoms with Crippen molar-refractivity contribution in [2.45, 2.75) is 13.5 Å². The molecular weight excluding hydrogens is 527 g/mol. The summed E-state index contributed by atoms with van der Waals surface area (Å²) in [6.07, 6.45) is 1.30. The molecule has 3 aromatic rings. The predicted molar refractivity (Wildman–Crippen MR) is 122 cm³/mol. The molecule has 8 nitrogen and oxygen atoms in total. The molecule has 1 N–H and O–H groups in total. The zero-order valence-corrected chi connectivity index (χ0v) is 20.3. The molecule has 0 saturated carbocycles. The number of nitrogens with zero attached hydrogens (tertiary/aromatic N) is 2. The number of nitrogens with one attached hydrogen (secondary N) is 1. The number of aromatic nitrogens is 2. The number of rotatable bonds is 7. The van der Waals surface area contributed by atoms with E-state index in [0.717, 1.165) is 0 Å². The van der Waals surface area contributed by atoms with Gasteiger partial charge in [-0.25, -0.2) is 4.79 Å². The quantitative estimate of drug-likeness (QED) is 0.215. The summed E-state index contributed by atoms with van der Waals surface area (Å²) in [5.41, 5.74) is 0.110. The van der Waals surface area contributed by atoms with E-state index in [-0.39, 0.29) is 67.0 Å². The Balaban J connectivity index is 1.73. The van der Waals surface area contributed by atoms with Crippen LogP contribution < -0.4 is 10.1 Å². The van der Waals surface area contributed by atoms with Gasteiger partial charge in [-0.3, -0.25) is 9.48 Å². The number of halogens is 5. The lowest BCUT2D eigenvalue weighted by atomic mass is 10.3. The number of hydrogen-bond acceptors (Lipinski definition) is 6. The van der Waals surface area contributed by atoms with E-state index in [0.29, 0.717) is 0 Å². The van der Waals surface area contributed by atoms with Gasteiger partial charge in [-0.2, -0.15) is 5.10 Å². The smallest absolute Gasteiger partial charge is 0.343 e. The van der Waals surface area contributed by atoms with Gasteiger partial charge in [-0.05, 0) is 19.1 Å². The van der Waals surface area contributed by atoms with Crippen LogP contribution in [0.5, 0.6) is 5.75 Å². The minimum atomic E-state index is -0.613. The van der Waals surface area contributed by atoms with E-state index >= 15 is 0 Å². The molecule has 0 radical (unpaired) electrons. The first-order chi connectivity index (χ1) is 15.1. The van der Waals surface area contributed by atoms with Gasteiger partial charge in [0, 0.05) is 7.05 Å². The Labute approximate surface area is 207 Å². The van der Waals surface area contributed by atoms with Crippen LogP contribution in [0.4, 0.5) is 5.82 Å². The van der Waals surface area contributed by atoms with Crippen LogP contribution in [0.1, 0.15) is 33.6 Å². The van der Waals surface area contributed by atoms with Crippen LogP contribution in [-0.4, -0.2) is 28.3 Å². The first kappa shape index (κ1) is 24.5. The summed E-state index contributed by atoms with van der Waals surface area (Å²) >= 11 is 30.2. The fraction of sp³-hybridized carbons (Fsp3) is 0.211. The molecule has 2 heterocycles. The van der Waals surface area contributed by atoms with E-state index in [2.05, 4.69) is 10.4 Å². The summed E-state index contributed by atoms with van der Waals surface area (Å²) in [6, 6.07) is 2.95. The van der Waals surface area contributed by atoms with Crippen LogP contribution in [0.3, 0.4) is 0 Å². The minimum absolute atomic E-state index is 0.00462. The molecule has 32 heavy (non-hydrogen) atoms. The van der Waals surface area contributed by atoms with Crippen LogP contribution in [0, 0.1) is 0 Å². The average Bonchev–Trinajstić information content (AvgIpc) is 3.38. The van der Waals surface area contributed by atoms with E-state index < -0.39 is 11.9 Å². The molecule has 1 amide bonds. The highest BCUT2D eigenvalue weighted by Crippen LogP contribution is 2.48. The van der Waals surface area contributed by atoms with Crippen LogP contribution >= 0.6 is 58.0 Å². The molecule has 0 bridgehead atoms. The SMILES string of the molecule is CCOC(=O)c1cnn(C)c1NC(=O)c1ccc(COc2c(Cl)c(Cl)c(Cl)c(Cl)c2Cl)o1. The number of anilines is 1. The summed E-state index contributed by atoms with van der Waals surface area (Å²) in [6.45, 7) is 1.72. The number of esters is 1. The Morgan fingerprint density at radius 1 is 1.06 bits per heavy atom. The van der Waals surface area contributed by atoms with Gasteiger partial charge in [0.05, 0.1) is 27.9 Å². The van der Waals surface area contributed by atoms with Crippen molar-refractivity contribution in [3.63, 3.8) is 0 Å². The first-order valence-electron chi connectivity index (χ1n) is 8.89. The van der Waals surface area contributed by atoms with Crippen LogP contribution in [0.15, 0.2) is 22.7 Å². The molecule has 1 aromatic carbocycles. The Hall–Kier alpha value is -2.10. The summed E-state index contributed by atoms with van der Waals surface area (Å²) in [5, 5.41) is 6.50. The van der Waals surface area contributed by atoms with E-state index in [1.54, 1.807) is 14.0 Å². The van der Waals surface area contributed by atoms with Gasteiger partial charge in [0.15, 0.2) is 11.5 Å². The monoisotopic (exact) mass is 539 g/mol. The van der Waals surface area contributed by atoms with E-state index in [4.69, 9.17) is 71.9 Å². The molecular formula is C19H14Cl5N3O5. The number of carbonyl (C=O) groups is 2. The number of benzene rings is 1. The summed E-state index contributed by atoms with van der Waals surface area (Å²) in [4.78, 5) is 24.6. The molecule has 0 unspecified atom stereocenters. The topological polar surface area (TPSA) is 95.6 Å². The molecule has 0 fully saturated rings. The number of ether oxygens (including phenoxy) is 2. The maximum Gasteiger partial charge on any atom is 0.343 e. The lowest BCUT2D eigenvalue weighted by Crippen LogP contribution is -2.17. The van der Waals surface area contributed by atoms with Crippen molar-refractivity contribution in [3.05, 3.63) is 60.5 Å². The third kappa shape index (κ3) is 4.94. The molecule has 0 aliphatic rings. The molecule has 0 spiro atoms. The van der Waals surface area contributed by atoms with Crippen molar-refractivity contribution in [1.29, 1.82) is 0 Å². The van der Waals surface area contributed by atoms with Gasteiger partial charge in [-0.15, -0.1) is 0 Å². The highest BCUT2D eigenvalue weighted by atomic mass is 35.5. The predicted octanol–water partition coefficient (Wildman–Crippen LogP) is 6.29. The first-order valence-corrected chi connectivity index (χ1v) is 10.8. The summed E-state index contributed by atoms with van der Waals surface area (Å²) < 4.78 is 17.4. The molecule has 0 aliphatic heterocycles. The number of carbonyl (C=O) groups excluding carboxylic acids is 2. The second kappa shape index (κ2) is 10.2. The third-order valence-electron chi connectivity index (χ3n) is 4.08. The molecule has 2 aromatic heterocycles. The highest BCUT2D eigenvalue weighted by Gasteiger charge is 2.23. The standard InChI is InChI=1S/C19H14Cl5N3O5/c1-3-30-19(29)9-6-25-27(2)17(9)26-18(28)10-5-4-8(32-10)7-31-16-14(23)12(21)11(20)13(22)15(16)24/h4-6H,3,7H2,1-2H3,(H,26,28). The Morgan fingerprint density at radius 2 is 1.69 bits per heavy atom. The van der Waals surface area contributed by atoms with Crippen LogP contribution in [0.2, 0.25) is 25.1 Å². The van der Waals surface area contributed by atoms with Crippen molar-refractivity contribution < 1.29 is 23.5 Å². The van der Waals surface area contributed by atoms with Gasteiger partial charge in [-0.1, -0.05) is 58.0 Å². The fourth-order valence-corrected chi connectivity index (χ4v) is 3.78. The van der Waals surface area contributed by atoms with E-state index in [1.807, 2.05) is 0 Å². The lowest BCUT2D eigenvalue weighted by molar-refractivity contribution is 0.0527. The Kier molecular flexibility index (Phi) is 7.84. The van der Waals surface area contributed by atoms with Gasteiger partial charge in [0.2, 0.25) is 0 Å². The molecule has 3 rings (SSSR count). The average molecular weight is 542 g/mol. The van der Waals surface area contributed by atoms with Gasteiger partial charge in [0.25, 0.3) is 5.91 Å². The van der Waals surface area contributed by atoms with Crippen LogP contribution in [-0.2, 0) is 18.4 Å². The Bertz CT molecular complexity index is 1160. The number of furan rings is 1. The Morgan fingerprint density at radius 3 is 2.31 bits per heavy atom. The molecule has 13 heteroatoms. The molecule has 170 valence electrons. The zero-order chi connectivity index (χ0) is 23.6. The van der Waals surface area contributed by atoms with Gasteiger partial charge in [0.1, 0.15) is 33.8 Å². The lowest BCUT2D eigenvalue weighted by Gasteiger charge is -2.12. The fourth-order valence-electron chi connectivity index (χ4n) is 2.55. The zero-order valence-electron chi connectivity index (χ0n) is 16.5. The maximum absolute atomic E-state index is 12.6. The normalized spacial score (nSPS) is 10.8. The number of aryl methyl sites for hydroxylation is 1. The number of amides is 1. The van der Waals surface area contributed by atoms with Gasteiger partial charge < -0.3 is 19.2 Å². The molecule has 0 aliphatic carbocycles. The van der Waals surface area contributed by atoms with Crippen molar-refractivity contribution in [2.75, 3.05) is 11.9 Å². The van der Waals surface area contributed by atoms with Crippen molar-refractivity contribution >= 4 is 75.7 Å². The molecule has 0 atom stereocenters.